The van der Waals surface area contributed by atoms with E-state index in [0.717, 1.165) is 6.07 Å². The molecule has 0 aromatic heterocycles. The molecular weight excluding hydrogens is 201 g/mol. The molecule has 4 N–H and O–H groups in total. The summed E-state index contributed by atoms with van der Waals surface area (Å²) in [6, 6.07) is 3.53. The van der Waals surface area contributed by atoms with Crippen molar-refractivity contribution in [2.45, 2.75) is 12.2 Å². The van der Waals surface area contributed by atoms with Crippen LogP contribution < -0.4 is 5.73 Å². The molecule has 2 atom stereocenters. The van der Waals surface area contributed by atoms with Crippen LogP contribution in [0.1, 0.15) is 22.0 Å². The number of nitrogens with two attached hydrogens (primary N) is 1. The van der Waals surface area contributed by atoms with Crippen molar-refractivity contribution in [3.05, 3.63) is 35.1 Å². The van der Waals surface area contributed by atoms with Crippen LogP contribution >= 0.6 is 0 Å². The number of aliphatic hydroxyl groups excluding tert-OH is 2. The van der Waals surface area contributed by atoms with Gasteiger partial charge in [0.15, 0.2) is 0 Å². The molecular formula is C10H12FNO3. The van der Waals surface area contributed by atoms with Crippen LogP contribution in [-0.2, 0) is 0 Å². The maximum atomic E-state index is 13.2. The Bertz CT molecular complexity index is 357. The first-order valence-corrected chi connectivity index (χ1v) is 4.41. The number of aliphatic hydroxyl groups is 2. The summed E-state index contributed by atoms with van der Waals surface area (Å²) >= 11 is 0. The van der Waals surface area contributed by atoms with Gasteiger partial charge in [-0.15, -0.1) is 0 Å². The minimum Gasteiger partial charge on any atom is -0.389 e. The Balaban J connectivity index is 3.06. The molecule has 15 heavy (non-hydrogen) atoms. The van der Waals surface area contributed by atoms with E-state index in [2.05, 4.69) is 0 Å². The lowest BCUT2D eigenvalue weighted by Gasteiger charge is -2.17. The molecule has 0 heterocycles. The number of halogens is 1. The van der Waals surface area contributed by atoms with E-state index in [0.29, 0.717) is 6.29 Å². The van der Waals surface area contributed by atoms with Crippen molar-refractivity contribution in [3.63, 3.8) is 0 Å². The van der Waals surface area contributed by atoms with Gasteiger partial charge in [0, 0.05) is 17.7 Å². The minimum absolute atomic E-state index is 0.127. The fourth-order valence-corrected chi connectivity index (χ4v) is 1.20. The lowest BCUT2D eigenvalue weighted by molar-refractivity contribution is 0.0222. The molecule has 1 aromatic rings. The Kier molecular flexibility index (Phi) is 3.90. The highest BCUT2D eigenvalue weighted by Crippen LogP contribution is 2.20. The summed E-state index contributed by atoms with van der Waals surface area (Å²) < 4.78 is 13.2. The molecule has 1 aromatic carbocycles. The van der Waals surface area contributed by atoms with E-state index in [-0.39, 0.29) is 17.7 Å². The summed E-state index contributed by atoms with van der Waals surface area (Å²) in [5.41, 5.74) is 5.23. The highest BCUT2D eigenvalue weighted by atomic mass is 19.1. The van der Waals surface area contributed by atoms with Crippen molar-refractivity contribution in [2.24, 2.45) is 5.73 Å². The molecule has 0 aliphatic carbocycles. The van der Waals surface area contributed by atoms with Gasteiger partial charge in [-0.05, 0) is 18.2 Å². The van der Waals surface area contributed by atoms with Crippen LogP contribution in [0, 0.1) is 5.82 Å². The van der Waals surface area contributed by atoms with Gasteiger partial charge in [0.2, 0.25) is 0 Å². The Morgan fingerprint density at radius 2 is 2.13 bits per heavy atom. The Morgan fingerprint density at radius 3 is 2.67 bits per heavy atom. The fourth-order valence-electron chi connectivity index (χ4n) is 1.20. The van der Waals surface area contributed by atoms with Crippen LogP contribution in [0.25, 0.3) is 0 Å². The maximum absolute atomic E-state index is 13.2. The normalized spacial score (nSPS) is 14.7. The zero-order valence-electron chi connectivity index (χ0n) is 7.93. The second-order valence-corrected chi connectivity index (χ2v) is 3.15. The van der Waals surface area contributed by atoms with Crippen LogP contribution in [0.3, 0.4) is 0 Å². The van der Waals surface area contributed by atoms with E-state index >= 15 is 0 Å². The van der Waals surface area contributed by atoms with Crippen LogP contribution in [0.15, 0.2) is 18.2 Å². The minimum atomic E-state index is -1.42. The first-order valence-electron chi connectivity index (χ1n) is 4.41. The van der Waals surface area contributed by atoms with Gasteiger partial charge in [0.25, 0.3) is 0 Å². The van der Waals surface area contributed by atoms with Crippen LogP contribution in [0.4, 0.5) is 4.39 Å². The first-order chi connectivity index (χ1) is 7.10. The van der Waals surface area contributed by atoms with E-state index in [1.54, 1.807) is 0 Å². The molecule has 0 aliphatic heterocycles. The Hall–Kier alpha value is -1.30. The average molecular weight is 213 g/mol. The van der Waals surface area contributed by atoms with Crippen LogP contribution in [-0.4, -0.2) is 29.1 Å². The first kappa shape index (κ1) is 11.8. The quantitative estimate of drug-likeness (QED) is 0.614. The molecule has 2 unspecified atom stereocenters. The molecule has 0 aliphatic rings. The van der Waals surface area contributed by atoms with Crippen LogP contribution in [0.5, 0.6) is 0 Å². The molecule has 82 valence electrons. The molecule has 0 radical (unpaired) electrons. The standard InChI is InChI=1S/C10H12FNO3/c11-8-2-1-6(5-13)3-7(8)10(15)9(14)4-12/h1-3,5,9-10,14-15H,4,12H2. The highest BCUT2D eigenvalue weighted by molar-refractivity contribution is 5.75. The second-order valence-electron chi connectivity index (χ2n) is 3.15. The largest absolute Gasteiger partial charge is 0.389 e. The number of carbonyl (C=O) groups excluding carboxylic acids is 1. The third kappa shape index (κ3) is 2.59. The molecule has 0 bridgehead atoms. The number of rotatable bonds is 4. The fraction of sp³-hybridized carbons (Fsp3) is 0.300. The van der Waals surface area contributed by atoms with Crippen molar-refractivity contribution >= 4 is 6.29 Å². The summed E-state index contributed by atoms with van der Waals surface area (Å²) in [6.07, 6.45) is -2.14. The molecule has 0 saturated heterocycles. The molecule has 0 spiro atoms. The van der Waals surface area contributed by atoms with Gasteiger partial charge in [0.1, 0.15) is 18.2 Å². The topological polar surface area (TPSA) is 83.6 Å². The summed E-state index contributed by atoms with van der Waals surface area (Å²) in [5, 5.41) is 18.7. The smallest absolute Gasteiger partial charge is 0.150 e. The molecule has 4 nitrogen and oxygen atoms in total. The van der Waals surface area contributed by atoms with E-state index < -0.39 is 18.0 Å². The zero-order chi connectivity index (χ0) is 11.4. The molecule has 0 saturated carbocycles. The molecule has 1 rings (SSSR count). The summed E-state index contributed by atoms with van der Waals surface area (Å²) in [7, 11) is 0. The van der Waals surface area contributed by atoms with Gasteiger partial charge in [-0.2, -0.15) is 0 Å². The second kappa shape index (κ2) is 4.97. The van der Waals surface area contributed by atoms with Gasteiger partial charge >= 0.3 is 0 Å². The number of aldehydes is 1. The number of benzene rings is 1. The molecule has 0 fully saturated rings. The van der Waals surface area contributed by atoms with Gasteiger partial charge in [0.05, 0.1) is 6.10 Å². The monoisotopic (exact) mass is 213 g/mol. The van der Waals surface area contributed by atoms with E-state index in [9.17, 15) is 19.4 Å². The lowest BCUT2D eigenvalue weighted by atomic mass is 10.0. The van der Waals surface area contributed by atoms with Crippen molar-refractivity contribution in [2.75, 3.05) is 6.54 Å². The third-order valence-corrected chi connectivity index (χ3v) is 2.08. The zero-order valence-corrected chi connectivity index (χ0v) is 7.93. The van der Waals surface area contributed by atoms with E-state index in [4.69, 9.17) is 5.73 Å². The van der Waals surface area contributed by atoms with Crippen molar-refractivity contribution in [3.8, 4) is 0 Å². The molecule has 5 heteroatoms. The van der Waals surface area contributed by atoms with Gasteiger partial charge in [-0.1, -0.05) is 0 Å². The lowest BCUT2D eigenvalue weighted by Crippen LogP contribution is -2.27. The summed E-state index contributed by atoms with van der Waals surface area (Å²) in [5.74, 6) is -0.680. The maximum Gasteiger partial charge on any atom is 0.150 e. The average Bonchev–Trinajstić information content (AvgIpc) is 2.27. The van der Waals surface area contributed by atoms with Gasteiger partial charge in [-0.3, -0.25) is 4.79 Å². The summed E-state index contributed by atoms with van der Waals surface area (Å²) in [4.78, 5) is 10.4. The number of hydrogen-bond donors (Lipinski definition) is 3. The van der Waals surface area contributed by atoms with Crippen LogP contribution in [0.2, 0.25) is 0 Å². The van der Waals surface area contributed by atoms with Crippen molar-refractivity contribution in [1.29, 1.82) is 0 Å². The van der Waals surface area contributed by atoms with Crippen molar-refractivity contribution < 1.29 is 19.4 Å². The molecule has 0 amide bonds. The van der Waals surface area contributed by atoms with E-state index in [1.807, 2.05) is 0 Å². The predicted molar refractivity (Wildman–Crippen MR) is 51.8 cm³/mol. The Morgan fingerprint density at radius 1 is 1.47 bits per heavy atom. The third-order valence-electron chi connectivity index (χ3n) is 2.08. The highest BCUT2D eigenvalue weighted by Gasteiger charge is 2.20. The van der Waals surface area contributed by atoms with E-state index in [1.165, 1.54) is 12.1 Å². The Labute approximate surface area is 86.1 Å². The number of carbonyl (C=O) groups is 1. The SMILES string of the molecule is NCC(O)C(O)c1cc(C=O)ccc1F. The van der Waals surface area contributed by atoms with Gasteiger partial charge in [-0.25, -0.2) is 4.39 Å². The predicted octanol–water partition coefficient (Wildman–Crippen LogP) is -0.00880. The van der Waals surface area contributed by atoms with Crippen molar-refractivity contribution in [1.82, 2.24) is 0 Å². The van der Waals surface area contributed by atoms with Gasteiger partial charge < -0.3 is 15.9 Å². The summed E-state index contributed by atoms with van der Waals surface area (Å²) in [6.45, 7) is -0.189. The number of hydrogen-bond acceptors (Lipinski definition) is 4.